The Hall–Kier alpha value is -4.31. The van der Waals surface area contributed by atoms with Gasteiger partial charge >= 0.3 is 0 Å². The van der Waals surface area contributed by atoms with E-state index >= 15 is 0 Å². The molecule has 0 radical (unpaired) electrons. The molecule has 0 aliphatic carbocycles. The molecule has 2 aromatic carbocycles. The number of hydrogen-bond acceptors (Lipinski definition) is 5. The Morgan fingerprint density at radius 1 is 1.06 bits per heavy atom. The average Bonchev–Trinajstić information content (AvgIpc) is 3.32. The number of ether oxygens (including phenoxy) is 1. The maximum Gasteiger partial charge on any atom is 0.280 e. The monoisotopic (exact) mass is 519 g/mol. The van der Waals surface area contributed by atoms with Gasteiger partial charge in [-0.05, 0) is 48.5 Å². The minimum absolute atomic E-state index is 0.0258. The predicted molar refractivity (Wildman–Crippen MR) is 128 cm³/mol. The zero-order chi connectivity index (χ0) is 23.7. The molecule has 2 N–H and O–H groups in total. The van der Waals surface area contributed by atoms with Gasteiger partial charge in [-0.1, -0.05) is 15.9 Å². The average molecular weight is 520 g/mol. The summed E-state index contributed by atoms with van der Waals surface area (Å²) in [5.41, 5.74) is 0.553. The van der Waals surface area contributed by atoms with Crippen molar-refractivity contribution in [2.24, 2.45) is 0 Å². The van der Waals surface area contributed by atoms with Crippen molar-refractivity contribution in [3.63, 3.8) is 0 Å². The number of fused-ring (bicyclic) bond motifs is 1. The first-order chi connectivity index (χ1) is 16.5. The smallest absolute Gasteiger partial charge is 0.280 e. The number of carbonyl (C=O) groups is 1. The van der Waals surface area contributed by atoms with Crippen molar-refractivity contribution in [3.8, 4) is 17.2 Å². The van der Waals surface area contributed by atoms with Crippen molar-refractivity contribution >= 4 is 38.6 Å². The number of halogens is 2. The van der Waals surface area contributed by atoms with Crippen LogP contribution in [0.4, 0.5) is 10.1 Å². The van der Waals surface area contributed by atoms with Gasteiger partial charge in [0.05, 0.1) is 11.1 Å². The van der Waals surface area contributed by atoms with E-state index in [4.69, 9.17) is 4.74 Å². The number of hydrogen-bond donors (Lipinski definition) is 2. The van der Waals surface area contributed by atoms with Gasteiger partial charge in [0.25, 0.3) is 5.91 Å². The topological polar surface area (TPSA) is 102 Å². The Morgan fingerprint density at radius 2 is 1.88 bits per heavy atom. The number of pyridine rings is 1. The number of rotatable bonds is 5. The van der Waals surface area contributed by atoms with Crippen LogP contribution in [0.5, 0.6) is 11.5 Å². The number of aromatic amines is 1. The summed E-state index contributed by atoms with van der Waals surface area (Å²) >= 11 is 3.35. The lowest BCUT2D eigenvalue weighted by atomic mass is 10.2. The third-order valence-electron chi connectivity index (χ3n) is 4.94. The van der Waals surface area contributed by atoms with Crippen molar-refractivity contribution in [2.75, 3.05) is 5.32 Å². The van der Waals surface area contributed by atoms with Gasteiger partial charge in [0.2, 0.25) is 5.43 Å². The van der Waals surface area contributed by atoms with E-state index in [0.717, 1.165) is 10.5 Å². The molecule has 5 aromatic rings. The predicted octanol–water partition coefficient (Wildman–Crippen LogP) is 5.06. The van der Waals surface area contributed by atoms with Gasteiger partial charge in [-0.15, -0.1) is 0 Å². The second kappa shape index (κ2) is 8.91. The van der Waals surface area contributed by atoms with Crippen LogP contribution in [0.15, 0.2) is 88.5 Å². The molecular weight excluding hydrogens is 505 g/mol. The summed E-state index contributed by atoms with van der Waals surface area (Å²) in [6.07, 6.45) is 4.73. The number of anilines is 1. The molecule has 5 rings (SSSR count). The number of H-pyrrole nitrogens is 1. The van der Waals surface area contributed by atoms with E-state index in [1.165, 1.54) is 29.1 Å². The first-order valence-corrected chi connectivity index (χ1v) is 10.8. The largest absolute Gasteiger partial charge is 0.453 e. The van der Waals surface area contributed by atoms with Gasteiger partial charge in [0, 0.05) is 40.9 Å². The van der Waals surface area contributed by atoms with Gasteiger partial charge in [0.1, 0.15) is 11.4 Å². The molecule has 3 heterocycles. The lowest BCUT2D eigenvalue weighted by Crippen LogP contribution is -2.25. The molecule has 0 bridgehead atoms. The molecule has 0 saturated heterocycles. The third kappa shape index (κ3) is 4.30. The second-order valence-electron chi connectivity index (χ2n) is 7.20. The van der Waals surface area contributed by atoms with Crippen molar-refractivity contribution in [3.05, 3.63) is 105 Å². The maximum absolute atomic E-state index is 14.7. The van der Waals surface area contributed by atoms with E-state index < -0.39 is 17.2 Å². The van der Waals surface area contributed by atoms with Crippen molar-refractivity contribution in [1.82, 2.24) is 19.7 Å². The summed E-state index contributed by atoms with van der Waals surface area (Å²) < 4.78 is 22.7. The van der Waals surface area contributed by atoms with Gasteiger partial charge in [-0.3, -0.25) is 9.59 Å². The molecule has 168 valence electrons. The fourth-order valence-corrected chi connectivity index (χ4v) is 3.56. The minimum Gasteiger partial charge on any atom is -0.453 e. The number of benzene rings is 2. The Morgan fingerprint density at radius 3 is 2.68 bits per heavy atom. The van der Waals surface area contributed by atoms with E-state index in [0.29, 0.717) is 22.5 Å². The maximum atomic E-state index is 14.7. The molecule has 10 heteroatoms. The quantitative estimate of drug-likeness (QED) is 0.338. The van der Waals surface area contributed by atoms with E-state index in [-0.39, 0.29) is 17.1 Å². The number of carbonyl (C=O) groups excluding carboxylic acids is 1. The molecule has 0 aliphatic heterocycles. The van der Waals surface area contributed by atoms with Crippen LogP contribution in [0.2, 0.25) is 0 Å². The van der Waals surface area contributed by atoms with E-state index in [2.05, 4.69) is 36.3 Å². The van der Waals surface area contributed by atoms with Crippen LogP contribution in [0, 0.1) is 5.82 Å². The number of amides is 1. The molecule has 0 aliphatic rings. The fraction of sp³-hybridized carbons (Fsp3) is 0. The summed E-state index contributed by atoms with van der Waals surface area (Å²) in [6.45, 7) is 0. The highest BCUT2D eigenvalue weighted by molar-refractivity contribution is 9.10. The van der Waals surface area contributed by atoms with Crippen molar-refractivity contribution in [1.29, 1.82) is 0 Å². The van der Waals surface area contributed by atoms with Crippen LogP contribution in [-0.2, 0) is 0 Å². The van der Waals surface area contributed by atoms with Gasteiger partial charge in [0.15, 0.2) is 17.3 Å². The van der Waals surface area contributed by atoms with E-state index in [9.17, 15) is 14.0 Å². The lowest BCUT2D eigenvalue weighted by molar-refractivity contribution is 0.101. The van der Waals surface area contributed by atoms with E-state index in [1.54, 1.807) is 36.7 Å². The SMILES string of the molecule is O=C(Nc1ccc(Oc2ccnc3[nH]ccc23)c(F)c1)c1nn(-c2ccc(Br)cc2)ccc1=O. The van der Waals surface area contributed by atoms with Crippen LogP contribution in [0.1, 0.15) is 10.5 Å². The van der Waals surface area contributed by atoms with Crippen LogP contribution in [0.3, 0.4) is 0 Å². The molecule has 0 atom stereocenters. The number of aromatic nitrogens is 4. The van der Waals surface area contributed by atoms with Crippen LogP contribution >= 0.6 is 15.9 Å². The molecule has 0 unspecified atom stereocenters. The standard InChI is InChI=1S/C24H15BrFN5O3/c25-14-1-4-16(5-2-14)31-12-9-19(32)22(30-31)24(33)29-15-3-6-21(18(26)13-15)34-20-8-11-28-23-17(20)7-10-27-23/h1-13H,(H,27,28)(H,29,33). The zero-order valence-corrected chi connectivity index (χ0v) is 18.9. The van der Waals surface area contributed by atoms with E-state index in [1.807, 2.05) is 12.1 Å². The highest BCUT2D eigenvalue weighted by atomic mass is 79.9. The Kier molecular flexibility index (Phi) is 5.64. The van der Waals surface area contributed by atoms with Gasteiger partial charge in [-0.25, -0.2) is 14.1 Å². The van der Waals surface area contributed by atoms with Gasteiger partial charge in [-0.2, -0.15) is 5.10 Å². The second-order valence-corrected chi connectivity index (χ2v) is 8.12. The zero-order valence-electron chi connectivity index (χ0n) is 17.3. The summed E-state index contributed by atoms with van der Waals surface area (Å²) in [5.74, 6) is -1.04. The first-order valence-electron chi connectivity index (χ1n) is 10.0. The summed E-state index contributed by atoms with van der Waals surface area (Å²) in [7, 11) is 0. The highest BCUT2D eigenvalue weighted by Gasteiger charge is 2.16. The molecule has 1 amide bonds. The molecule has 0 saturated carbocycles. The summed E-state index contributed by atoms with van der Waals surface area (Å²) in [5, 5.41) is 7.35. The highest BCUT2D eigenvalue weighted by Crippen LogP contribution is 2.31. The van der Waals surface area contributed by atoms with Crippen LogP contribution < -0.4 is 15.5 Å². The Bertz CT molecular complexity index is 1580. The van der Waals surface area contributed by atoms with Crippen LogP contribution in [-0.4, -0.2) is 25.7 Å². The lowest BCUT2D eigenvalue weighted by Gasteiger charge is -2.11. The van der Waals surface area contributed by atoms with Gasteiger partial charge < -0.3 is 15.0 Å². The Balaban J connectivity index is 1.36. The molecule has 8 nitrogen and oxygen atoms in total. The fourth-order valence-electron chi connectivity index (χ4n) is 3.30. The summed E-state index contributed by atoms with van der Waals surface area (Å²) in [6, 6.07) is 15.8. The molecule has 3 aromatic heterocycles. The molecule has 34 heavy (non-hydrogen) atoms. The summed E-state index contributed by atoms with van der Waals surface area (Å²) in [4.78, 5) is 32.1. The van der Waals surface area contributed by atoms with Crippen LogP contribution in [0.25, 0.3) is 16.7 Å². The molecule has 0 spiro atoms. The van der Waals surface area contributed by atoms with Crippen molar-refractivity contribution in [2.45, 2.75) is 0 Å². The molecular formula is C24H15BrFN5O3. The molecule has 0 fully saturated rings. The third-order valence-corrected chi connectivity index (χ3v) is 5.47. The number of nitrogens with zero attached hydrogens (tertiary/aromatic N) is 3. The van der Waals surface area contributed by atoms with Crippen molar-refractivity contribution < 1.29 is 13.9 Å². The number of nitrogens with one attached hydrogen (secondary N) is 2. The normalized spacial score (nSPS) is 10.9. The first kappa shape index (κ1) is 21.5. The Labute approximate surface area is 200 Å². The minimum atomic E-state index is -0.757.